The Labute approximate surface area is 217 Å². The Balaban J connectivity index is 1.50. The van der Waals surface area contributed by atoms with Crippen molar-refractivity contribution in [3.63, 3.8) is 0 Å². The molecule has 0 aliphatic heterocycles. The number of aliphatic imine (C=N–C) groups is 1. The highest BCUT2D eigenvalue weighted by molar-refractivity contribution is 8.13. The molecule has 1 fully saturated rings. The van der Waals surface area contributed by atoms with Crippen LogP contribution in [0.2, 0.25) is 0 Å². The summed E-state index contributed by atoms with van der Waals surface area (Å²) in [4.78, 5) is 9.40. The molecule has 0 saturated heterocycles. The number of rotatable bonds is 8. The monoisotopic (exact) mass is 499 g/mol. The number of hydrogen-bond acceptors (Lipinski definition) is 5. The second-order valence-electron chi connectivity index (χ2n) is 9.28. The van der Waals surface area contributed by atoms with Crippen molar-refractivity contribution in [3.05, 3.63) is 102 Å². The van der Waals surface area contributed by atoms with E-state index in [2.05, 4.69) is 64.1 Å². The molecule has 1 aliphatic rings. The van der Waals surface area contributed by atoms with Crippen LogP contribution in [0, 0.1) is 0 Å². The van der Waals surface area contributed by atoms with Crippen LogP contribution < -0.4 is 4.74 Å². The minimum Gasteiger partial charge on any atom is -0.497 e. The fourth-order valence-corrected chi connectivity index (χ4v) is 6.52. The van der Waals surface area contributed by atoms with Gasteiger partial charge in [0, 0.05) is 31.4 Å². The average molecular weight is 500 g/mol. The summed E-state index contributed by atoms with van der Waals surface area (Å²) < 4.78 is 14.2. The van der Waals surface area contributed by atoms with Gasteiger partial charge in [-0.05, 0) is 47.7 Å². The summed E-state index contributed by atoms with van der Waals surface area (Å²) in [6.07, 6.45) is 10.5. The molecular weight excluding hydrogens is 466 g/mol. The zero-order valence-corrected chi connectivity index (χ0v) is 21.8. The van der Waals surface area contributed by atoms with Crippen LogP contribution in [-0.2, 0) is 22.5 Å². The van der Waals surface area contributed by atoms with Crippen molar-refractivity contribution in [3.8, 4) is 5.75 Å². The molecule has 2 unspecified atom stereocenters. The fourth-order valence-electron chi connectivity index (χ4n) is 5.29. The molecule has 0 radical (unpaired) electrons. The van der Waals surface area contributed by atoms with Crippen LogP contribution in [0.1, 0.15) is 42.4 Å². The van der Waals surface area contributed by atoms with Gasteiger partial charge in [-0.25, -0.2) is 4.98 Å². The predicted molar refractivity (Wildman–Crippen MR) is 148 cm³/mol. The standard InChI is InChI=1S/C30H33N3O2S/c1-31-29(36-22-24-11-14-26(34-2)15-12-24)30(25-13-16-28-32-18-19-33(28)20-25)17-7-6-10-27(30)35-21-23-8-4-3-5-9-23/h3-5,8-9,11-16,18-20,27H,6-7,10,17,21-22H2,1-2H3. The van der Waals surface area contributed by atoms with Crippen molar-refractivity contribution in [1.29, 1.82) is 0 Å². The Hall–Kier alpha value is -3.09. The zero-order chi connectivity index (χ0) is 24.8. The van der Waals surface area contributed by atoms with Crippen molar-refractivity contribution < 1.29 is 9.47 Å². The molecule has 5 nitrogen and oxygen atoms in total. The highest BCUT2D eigenvalue weighted by atomic mass is 32.2. The summed E-state index contributed by atoms with van der Waals surface area (Å²) in [7, 11) is 3.63. The third kappa shape index (κ3) is 5.06. The number of thioether (sulfide) groups is 1. The smallest absolute Gasteiger partial charge is 0.136 e. The first kappa shape index (κ1) is 24.6. The van der Waals surface area contributed by atoms with E-state index in [1.807, 2.05) is 49.4 Å². The maximum Gasteiger partial charge on any atom is 0.136 e. The Morgan fingerprint density at radius 2 is 1.89 bits per heavy atom. The molecule has 1 saturated carbocycles. The van der Waals surface area contributed by atoms with Gasteiger partial charge >= 0.3 is 0 Å². The van der Waals surface area contributed by atoms with Gasteiger partial charge in [-0.2, -0.15) is 0 Å². The summed E-state index contributed by atoms with van der Waals surface area (Å²) in [6, 6.07) is 23.1. The molecule has 5 rings (SSSR count). The summed E-state index contributed by atoms with van der Waals surface area (Å²) >= 11 is 1.83. The van der Waals surface area contributed by atoms with Crippen LogP contribution in [0.5, 0.6) is 5.75 Å². The number of ether oxygens (including phenoxy) is 2. The molecule has 6 heteroatoms. The lowest BCUT2D eigenvalue weighted by atomic mass is 9.68. The number of pyridine rings is 1. The predicted octanol–water partition coefficient (Wildman–Crippen LogP) is 6.70. The van der Waals surface area contributed by atoms with Gasteiger partial charge in [0.1, 0.15) is 11.4 Å². The van der Waals surface area contributed by atoms with Crippen LogP contribution in [0.25, 0.3) is 5.65 Å². The number of fused-ring (bicyclic) bond motifs is 1. The minimum atomic E-state index is -0.308. The van der Waals surface area contributed by atoms with E-state index in [9.17, 15) is 0 Å². The van der Waals surface area contributed by atoms with Gasteiger partial charge in [-0.1, -0.05) is 61.4 Å². The molecule has 2 atom stereocenters. The molecular formula is C30H33N3O2S. The van der Waals surface area contributed by atoms with Gasteiger partial charge in [-0.3, -0.25) is 4.99 Å². The van der Waals surface area contributed by atoms with E-state index in [-0.39, 0.29) is 11.5 Å². The third-order valence-corrected chi connectivity index (χ3v) is 8.45. The first-order valence-electron chi connectivity index (χ1n) is 12.5. The molecule has 2 aromatic carbocycles. The van der Waals surface area contributed by atoms with Crippen LogP contribution in [0.15, 0.2) is 90.3 Å². The quantitative estimate of drug-likeness (QED) is 0.200. The van der Waals surface area contributed by atoms with E-state index < -0.39 is 0 Å². The molecule has 2 heterocycles. The van der Waals surface area contributed by atoms with Gasteiger partial charge in [0.25, 0.3) is 0 Å². The van der Waals surface area contributed by atoms with Gasteiger partial charge in [0.2, 0.25) is 0 Å². The van der Waals surface area contributed by atoms with Crippen LogP contribution in [0.3, 0.4) is 0 Å². The minimum absolute atomic E-state index is 0.0366. The van der Waals surface area contributed by atoms with E-state index in [0.717, 1.165) is 47.9 Å². The summed E-state index contributed by atoms with van der Waals surface area (Å²) in [5.41, 5.74) is 4.33. The number of benzene rings is 2. The first-order chi connectivity index (χ1) is 17.7. The SMILES string of the molecule is CN=C(SCc1ccc(OC)cc1)C1(c2ccc3nccn3c2)CCCCC1OCc1ccccc1. The third-order valence-electron chi connectivity index (χ3n) is 7.15. The van der Waals surface area contributed by atoms with E-state index in [4.69, 9.17) is 14.5 Å². The number of aromatic nitrogens is 2. The molecule has 0 N–H and O–H groups in total. The molecule has 0 amide bonds. The van der Waals surface area contributed by atoms with Crippen LogP contribution in [-0.4, -0.2) is 34.7 Å². The van der Waals surface area contributed by atoms with E-state index in [1.54, 1.807) is 7.11 Å². The molecule has 0 spiro atoms. The van der Waals surface area contributed by atoms with Gasteiger partial charge in [-0.15, -0.1) is 11.8 Å². The Bertz CT molecular complexity index is 1300. The zero-order valence-electron chi connectivity index (χ0n) is 21.0. The largest absolute Gasteiger partial charge is 0.497 e. The summed E-state index contributed by atoms with van der Waals surface area (Å²) in [5, 5.41) is 1.13. The van der Waals surface area contributed by atoms with Crippen molar-refractivity contribution in [1.82, 2.24) is 9.38 Å². The van der Waals surface area contributed by atoms with Crippen LogP contribution >= 0.6 is 11.8 Å². The maximum atomic E-state index is 6.76. The molecule has 0 bridgehead atoms. The lowest BCUT2D eigenvalue weighted by Gasteiger charge is -2.45. The molecule has 36 heavy (non-hydrogen) atoms. The fraction of sp³-hybridized carbons (Fsp3) is 0.333. The van der Waals surface area contributed by atoms with E-state index in [0.29, 0.717) is 6.61 Å². The number of methoxy groups -OCH3 is 1. The van der Waals surface area contributed by atoms with E-state index >= 15 is 0 Å². The summed E-state index contributed by atoms with van der Waals surface area (Å²) in [6.45, 7) is 0.598. The normalized spacial score (nSPS) is 20.5. The second-order valence-corrected chi connectivity index (χ2v) is 10.2. The summed E-state index contributed by atoms with van der Waals surface area (Å²) in [5.74, 6) is 1.72. The average Bonchev–Trinajstić information content (AvgIpc) is 3.42. The number of imidazole rings is 1. The highest BCUT2D eigenvalue weighted by Crippen LogP contribution is 2.46. The number of nitrogens with zero attached hydrogens (tertiary/aromatic N) is 3. The lowest BCUT2D eigenvalue weighted by molar-refractivity contribution is -0.0153. The van der Waals surface area contributed by atoms with Crippen molar-refractivity contribution in [2.45, 2.75) is 49.6 Å². The second kappa shape index (κ2) is 11.3. The Morgan fingerprint density at radius 1 is 1.06 bits per heavy atom. The molecule has 2 aromatic heterocycles. The Kier molecular flexibility index (Phi) is 7.73. The van der Waals surface area contributed by atoms with Gasteiger partial charge in [0.15, 0.2) is 0 Å². The lowest BCUT2D eigenvalue weighted by Crippen LogP contribution is -2.49. The first-order valence-corrected chi connectivity index (χ1v) is 13.5. The van der Waals surface area contributed by atoms with Crippen molar-refractivity contribution in [2.24, 2.45) is 4.99 Å². The highest BCUT2D eigenvalue weighted by Gasteiger charge is 2.47. The van der Waals surface area contributed by atoms with Crippen LogP contribution in [0.4, 0.5) is 0 Å². The van der Waals surface area contributed by atoms with Crippen molar-refractivity contribution >= 4 is 22.5 Å². The molecule has 4 aromatic rings. The molecule has 186 valence electrons. The van der Waals surface area contributed by atoms with Crippen molar-refractivity contribution in [2.75, 3.05) is 14.2 Å². The Morgan fingerprint density at radius 3 is 2.67 bits per heavy atom. The van der Waals surface area contributed by atoms with Gasteiger partial charge in [0.05, 0.1) is 30.3 Å². The van der Waals surface area contributed by atoms with Gasteiger partial charge < -0.3 is 13.9 Å². The number of hydrogen-bond donors (Lipinski definition) is 0. The topological polar surface area (TPSA) is 48.1 Å². The maximum absolute atomic E-state index is 6.76. The molecule has 1 aliphatic carbocycles. The van der Waals surface area contributed by atoms with E-state index in [1.165, 1.54) is 16.7 Å².